The molecule has 1 fully saturated rings. The van der Waals surface area contributed by atoms with Crippen molar-refractivity contribution in [2.45, 2.75) is 38.3 Å². The lowest BCUT2D eigenvalue weighted by atomic mass is 9.84. The van der Waals surface area contributed by atoms with Gasteiger partial charge in [-0.25, -0.2) is 0 Å². The van der Waals surface area contributed by atoms with E-state index in [4.69, 9.17) is 5.73 Å². The van der Waals surface area contributed by atoms with E-state index in [9.17, 15) is 0 Å². The van der Waals surface area contributed by atoms with Crippen LogP contribution in [0.2, 0.25) is 0 Å². The van der Waals surface area contributed by atoms with Gasteiger partial charge in [-0.15, -0.1) is 0 Å². The summed E-state index contributed by atoms with van der Waals surface area (Å²) in [6.07, 6.45) is 8.91. The number of aromatic nitrogens is 2. The van der Waals surface area contributed by atoms with Gasteiger partial charge in [-0.2, -0.15) is 5.10 Å². The Morgan fingerprint density at radius 1 is 1.24 bits per heavy atom. The summed E-state index contributed by atoms with van der Waals surface area (Å²) in [6, 6.07) is 11.1. The summed E-state index contributed by atoms with van der Waals surface area (Å²) < 4.78 is 1.95. The third-order valence-corrected chi connectivity index (χ3v) is 4.39. The van der Waals surface area contributed by atoms with Crippen LogP contribution in [0.4, 0.5) is 5.69 Å². The molecule has 4 heteroatoms. The van der Waals surface area contributed by atoms with Crippen LogP contribution in [0.1, 0.15) is 31.2 Å². The van der Waals surface area contributed by atoms with Gasteiger partial charge in [-0.05, 0) is 49.1 Å². The smallest absolute Gasteiger partial charge is 0.0660 e. The van der Waals surface area contributed by atoms with Crippen LogP contribution in [-0.2, 0) is 6.54 Å². The number of hydrogen-bond acceptors (Lipinski definition) is 3. The van der Waals surface area contributed by atoms with Crippen molar-refractivity contribution >= 4 is 5.69 Å². The quantitative estimate of drug-likeness (QED) is 0.887. The van der Waals surface area contributed by atoms with Gasteiger partial charge >= 0.3 is 0 Å². The van der Waals surface area contributed by atoms with Crippen molar-refractivity contribution in [2.75, 3.05) is 11.9 Å². The van der Waals surface area contributed by atoms with Gasteiger partial charge in [0.2, 0.25) is 0 Å². The number of rotatable bonds is 5. The molecular formula is C17H24N4. The Bertz CT molecular complexity index is 550. The second kappa shape index (κ2) is 6.76. The number of anilines is 1. The van der Waals surface area contributed by atoms with Crippen molar-refractivity contribution in [2.24, 2.45) is 11.7 Å². The molecule has 3 N–H and O–H groups in total. The first-order valence-corrected chi connectivity index (χ1v) is 7.88. The fourth-order valence-corrected chi connectivity index (χ4v) is 3.23. The Labute approximate surface area is 126 Å². The minimum absolute atomic E-state index is 0.517. The molecule has 2 unspecified atom stereocenters. The van der Waals surface area contributed by atoms with Crippen LogP contribution in [-0.4, -0.2) is 22.4 Å². The van der Waals surface area contributed by atoms with Crippen molar-refractivity contribution in [3.05, 3.63) is 48.3 Å². The molecule has 3 rings (SSSR count). The van der Waals surface area contributed by atoms with E-state index in [0.717, 1.165) is 13.1 Å². The highest BCUT2D eigenvalue weighted by atomic mass is 15.3. The zero-order valence-electron chi connectivity index (χ0n) is 12.4. The Morgan fingerprint density at radius 2 is 2.14 bits per heavy atom. The van der Waals surface area contributed by atoms with Crippen LogP contribution in [0.15, 0.2) is 42.7 Å². The predicted octanol–water partition coefficient (Wildman–Crippen LogP) is 2.86. The molecule has 21 heavy (non-hydrogen) atoms. The predicted molar refractivity (Wildman–Crippen MR) is 86.2 cm³/mol. The lowest BCUT2D eigenvalue weighted by molar-refractivity contribution is 0.332. The first-order chi connectivity index (χ1) is 10.3. The molecular weight excluding hydrogens is 260 g/mol. The highest BCUT2D eigenvalue weighted by Crippen LogP contribution is 2.26. The second-order valence-electron chi connectivity index (χ2n) is 5.94. The van der Waals surface area contributed by atoms with E-state index < -0.39 is 0 Å². The van der Waals surface area contributed by atoms with Gasteiger partial charge in [0, 0.05) is 24.1 Å². The molecule has 0 amide bonds. The van der Waals surface area contributed by atoms with Gasteiger partial charge in [0.25, 0.3) is 0 Å². The van der Waals surface area contributed by atoms with Crippen molar-refractivity contribution in [3.63, 3.8) is 0 Å². The summed E-state index contributed by atoms with van der Waals surface area (Å²) in [6.45, 7) is 1.60. The van der Waals surface area contributed by atoms with Crippen LogP contribution in [0, 0.1) is 5.92 Å². The molecule has 1 saturated carbocycles. The number of nitrogens with zero attached hydrogens (tertiary/aromatic N) is 2. The van der Waals surface area contributed by atoms with Crippen LogP contribution >= 0.6 is 0 Å². The summed E-state index contributed by atoms with van der Waals surface area (Å²) in [5.41, 5.74) is 8.38. The zero-order valence-corrected chi connectivity index (χ0v) is 12.4. The maximum Gasteiger partial charge on any atom is 0.0660 e. The fraction of sp³-hybridized carbons (Fsp3) is 0.471. The normalized spacial score (nSPS) is 22.1. The topological polar surface area (TPSA) is 55.9 Å². The van der Waals surface area contributed by atoms with Crippen LogP contribution in [0.5, 0.6) is 0 Å². The van der Waals surface area contributed by atoms with Gasteiger partial charge in [0.1, 0.15) is 0 Å². The number of hydrogen-bond donors (Lipinski definition) is 2. The number of benzene rings is 1. The Hall–Kier alpha value is -1.81. The summed E-state index contributed by atoms with van der Waals surface area (Å²) >= 11 is 0. The third kappa shape index (κ3) is 3.64. The van der Waals surface area contributed by atoms with E-state index >= 15 is 0 Å². The van der Waals surface area contributed by atoms with E-state index in [1.165, 1.54) is 36.9 Å². The Morgan fingerprint density at radius 3 is 2.95 bits per heavy atom. The summed E-state index contributed by atoms with van der Waals surface area (Å²) in [4.78, 5) is 0. The van der Waals surface area contributed by atoms with Crippen LogP contribution < -0.4 is 11.1 Å². The highest BCUT2D eigenvalue weighted by Gasteiger charge is 2.23. The minimum atomic E-state index is 0.517. The molecule has 1 aromatic carbocycles. The largest absolute Gasteiger partial charge is 0.382 e. The fourth-order valence-electron chi connectivity index (χ4n) is 3.23. The van der Waals surface area contributed by atoms with E-state index in [2.05, 4.69) is 34.7 Å². The molecule has 0 aliphatic heterocycles. The first-order valence-electron chi connectivity index (χ1n) is 7.88. The monoisotopic (exact) mass is 284 g/mol. The van der Waals surface area contributed by atoms with Gasteiger partial charge < -0.3 is 11.1 Å². The summed E-state index contributed by atoms with van der Waals surface area (Å²) in [5.74, 6) is 0.605. The molecule has 0 saturated heterocycles. The number of nitrogens with one attached hydrogen (secondary N) is 1. The molecule has 1 aliphatic rings. The average molecular weight is 284 g/mol. The van der Waals surface area contributed by atoms with Gasteiger partial charge in [0.15, 0.2) is 0 Å². The van der Waals surface area contributed by atoms with Gasteiger partial charge in [0.05, 0.1) is 6.54 Å². The Balaban J connectivity index is 1.67. The molecule has 112 valence electrons. The lowest BCUT2D eigenvalue weighted by Crippen LogP contribution is -2.36. The molecule has 1 aromatic heterocycles. The molecule has 0 radical (unpaired) electrons. The van der Waals surface area contributed by atoms with E-state index in [1.807, 2.05) is 23.1 Å². The molecule has 1 heterocycles. The minimum Gasteiger partial charge on any atom is -0.382 e. The summed E-state index contributed by atoms with van der Waals surface area (Å²) in [7, 11) is 0. The molecule has 2 aromatic rings. The highest BCUT2D eigenvalue weighted by molar-refractivity contribution is 5.46. The molecule has 4 nitrogen and oxygen atoms in total. The van der Waals surface area contributed by atoms with Crippen LogP contribution in [0.3, 0.4) is 0 Å². The molecule has 2 atom stereocenters. The molecule has 0 spiro atoms. The van der Waals surface area contributed by atoms with Crippen molar-refractivity contribution < 1.29 is 0 Å². The maximum absolute atomic E-state index is 5.92. The molecule has 0 bridgehead atoms. The zero-order chi connectivity index (χ0) is 14.5. The molecule has 1 aliphatic carbocycles. The number of nitrogens with two attached hydrogens (primary N) is 1. The standard InChI is InChI=1S/C17H24N4/c18-12-15-6-1-2-8-17(15)20-16-7-3-5-14(11-16)13-21-10-4-9-19-21/h3-5,7,9-11,15,17,20H,1-2,6,8,12-13,18H2. The van der Waals surface area contributed by atoms with Crippen molar-refractivity contribution in [1.82, 2.24) is 9.78 Å². The first kappa shape index (κ1) is 14.1. The maximum atomic E-state index is 5.92. The van der Waals surface area contributed by atoms with Crippen molar-refractivity contribution in [3.8, 4) is 0 Å². The van der Waals surface area contributed by atoms with E-state index in [-0.39, 0.29) is 0 Å². The average Bonchev–Trinajstić information content (AvgIpc) is 3.01. The van der Waals surface area contributed by atoms with E-state index in [1.54, 1.807) is 0 Å². The van der Waals surface area contributed by atoms with E-state index in [0.29, 0.717) is 12.0 Å². The van der Waals surface area contributed by atoms with Crippen molar-refractivity contribution in [1.29, 1.82) is 0 Å². The van der Waals surface area contributed by atoms with Gasteiger partial charge in [-0.3, -0.25) is 4.68 Å². The Kier molecular flexibility index (Phi) is 4.55. The SMILES string of the molecule is NCC1CCCCC1Nc1cccc(Cn2cccn2)c1. The van der Waals surface area contributed by atoms with Gasteiger partial charge in [-0.1, -0.05) is 25.0 Å². The summed E-state index contributed by atoms with van der Waals surface area (Å²) in [5, 5.41) is 7.95. The second-order valence-corrected chi connectivity index (χ2v) is 5.94. The van der Waals surface area contributed by atoms with Crippen LogP contribution in [0.25, 0.3) is 0 Å². The lowest BCUT2D eigenvalue weighted by Gasteiger charge is -2.32. The third-order valence-electron chi connectivity index (χ3n) is 4.39.